The monoisotopic (exact) mass is 209 g/mol. The molecule has 0 aromatic rings. The first-order chi connectivity index (χ1) is 5.54. The Morgan fingerprint density at radius 3 is 1.58 bits per heavy atom. The third-order valence-corrected chi connectivity index (χ3v) is 8.35. The molecule has 12 heavy (non-hydrogen) atoms. The van der Waals surface area contributed by atoms with Crippen LogP contribution in [0.4, 0.5) is 0 Å². The summed E-state index contributed by atoms with van der Waals surface area (Å²) in [4.78, 5) is 9.45. The maximum Gasteiger partial charge on any atom is 0.502 e. The molecule has 1 N–H and O–H groups in total. The van der Waals surface area contributed by atoms with Crippen molar-refractivity contribution in [2.75, 3.05) is 21.3 Å². The summed E-state index contributed by atoms with van der Waals surface area (Å²) in [5.41, 5.74) is 0. The molecule has 0 rings (SSSR count). The van der Waals surface area contributed by atoms with Crippen molar-refractivity contribution in [3.63, 3.8) is 0 Å². The van der Waals surface area contributed by atoms with E-state index in [2.05, 4.69) is 0 Å². The van der Waals surface area contributed by atoms with Gasteiger partial charge in [0.2, 0.25) is 9.04 Å². The van der Waals surface area contributed by atoms with Gasteiger partial charge >= 0.3 is 8.80 Å². The lowest BCUT2D eigenvalue weighted by atomic mass is 10.9. The van der Waals surface area contributed by atoms with E-state index in [0.717, 1.165) is 0 Å². The van der Waals surface area contributed by atoms with E-state index < -0.39 is 17.8 Å². The number of hydrogen-bond donors (Lipinski definition) is 1. The van der Waals surface area contributed by atoms with E-state index >= 15 is 0 Å². The van der Waals surface area contributed by atoms with Gasteiger partial charge in [-0.2, -0.15) is 0 Å². The predicted molar refractivity (Wildman–Crippen MR) is 50.0 cm³/mol. The first-order valence-corrected chi connectivity index (χ1v) is 7.54. The Balaban J connectivity index is 4.46. The van der Waals surface area contributed by atoms with Crippen molar-refractivity contribution >= 4 is 17.8 Å². The third-order valence-electron chi connectivity index (χ3n) is 2.01. The molecule has 0 heterocycles. The van der Waals surface area contributed by atoms with Gasteiger partial charge in [0.05, 0.1) is 0 Å². The van der Waals surface area contributed by atoms with E-state index in [1.165, 1.54) is 0 Å². The molecule has 0 aliphatic heterocycles. The standard InChI is InChI=1S/C6H17O4Si2/c1-6(11(5)7)12(8-2,9-3)10-4/h6-7H,1-5H3. The Morgan fingerprint density at radius 2 is 1.50 bits per heavy atom. The van der Waals surface area contributed by atoms with Crippen LogP contribution in [-0.4, -0.2) is 44.0 Å². The van der Waals surface area contributed by atoms with Crippen LogP contribution in [0.25, 0.3) is 0 Å². The van der Waals surface area contributed by atoms with Gasteiger partial charge in [-0.05, 0) is 6.55 Å². The largest absolute Gasteiger partial charge is 0.502 e. The average Bonchev–Trinajstić information content (AvgIpc) is 2.08. The highest BCUT2D eigenvalue weighted by Gasteiger charge is 2.47. The molecule has 0 amide bonds. The molecule has 0 aromatic heterocycles. The Bertz CT molecular complexity index is 118. The van der Waals surface area contributed by atoms with Crippen molar-refractivity contribution in [3.8, 4) is 0 Å². The Morgan fingerprint density at radius 1 is 1.17 bits per heavy atom. The van der Waals surface area contributed by atoms with Crippen molar-refractivity contribution in [1.29, 1.82) is 0 Å². The molecule has 0 spiro atoms. The molecule has 0 fully saturated rings. The van der Waals surface area contributed by atoms with Crippen molar-refractivity contribution in [1.82, 2.24) is 0 Å². The van der Waals surface area contributed by atoms with Crippen LogP contribution in [-0.2, 0) is 13.3 Å². The van der Waals surface area contributed by atoms with Gasteiger partial charge in [-0.3, -0.25) is 0 Å². The summed E-state index contributed by atoms with van der Waals surface area (Å²) >= 11 is 0. The van der Waals surface area contributed by atoms with Crippen LogP contribution in [0.5, 0.6) is 0 Å². The highest BCUT2D eigenvalue weighted by molar-refractivity contribution is 6.77. The van der Waals surface area contributed by atoms with Crippen molar-refractivity contribution in [3.05, 3.63) is 0 Å². The predicted octanol–water partition coefficient (Wildman–Crippen LogP) is 0.407. The maximum atomic E-state index is 9.45. The lowest BCUT2D eigenvalue weighted by molar-refractivity contribution is 0.119. The van der Waals surface area contributed by atoms with Crippen LogP contribution in [0.3, 0.4) is 0 Å². The molecule has 0 saturated carbocycles. The van der Waals surface area contributed by atoms with E-state index in [4.69, 9.17) is 13.3 Å². The summed E-state index contributed by atoms with van der Waals surface area (Å²) in [5, 5.41) is -0.0116. The van der Waals surface area contributed by atoms with E-state index in [0.29, 0.717) is 0 Å². The fourth-order valence-electron chi connectivity index (χ4n) is 1.04. The minimum Gasteiger partial charge on any atom is -0.431 e. The fraction of sp³-hybridized carbons (Fsp3) is 1.00. The van der Waals surface area contributed by atoms with Crippen LogP contribution in [0.2, 0.25) is 11.7 Å². The SMILES string of the molecule is CO[Si](OC)(OC)C(C)[Si](C)O. The van der Waals surface area contributed by atoms with Crippen LogP contribution < -0.4 is 0 Å². The highest BCUT2D eigenvalue weighted by Crippen LogP contribution is 2.24. The van der Waals surface area contributed by atoms with Crippen molar-refractivity contribution in [2.45, 2.75) is 18.6 Å². The summed E-state index contributed by atoms with van der Waals surface area (Å²) < 4.78 is 15.7. The first kappa shape index (κ1) is 12.3. The summed E-state index contributed by atoms with van der Waals surface area (Å²) in [6, 6.07) is 0. The van der Waals surface area contributed by atoms with Gasteiger partial charge in [0.15, 0.2) is 0 Å². The second-order valence-corrected chi connectivity index (χ2v) is 8.60. The minimum atomic E-state index is -2.59. The first-order valence-electron chi connectivity index (χ1n) is 3.72. The molecule has 0 bridgehead atoms. The maximum absolute atomic E-state index is 9.45. The lowest BCUT2D eigenvalue weighted by Crippen LogP contribution is -2.51. The van der Waals surface area contributed by atoms with E-state index in [1.54, 1.807) is 27.9 Å². The summed E-state index contributed by atoms with van der Waals surface area (Å²) in [6.45, 7) is 3.70. The highest BCUT2D eigenvalue weighted by atomic mass is 28.4. The summed E-state index contributed by atoms with van der Waals surface area (Å²) in [6.07, 6.45) is 0. The normalized spacial score (nSPS) is 15.2. The van der Waals surface area contributed by atoms with Gasteiger partial charge in [-0.1, -0.05) is 6.92 Å². The van der Waals surface area contributed by atoms with Gasteiger partial charge in [0.25, 0.3) is 0 Å². The van der Waals surface area contributed by atoms with E-state index in [-0.39, 0.29) is 5.16 Å². The van der Waals surface area contributed by atoms with Crippen LogP contribution >= 0.6 is 0 Å². The molecule has 4 nitrogen and oxygen atoms in total. The second kappa shape index (κ2) is 5.10. The lowest BCUT2D eigenvalue weighted by Gasteiger charge is -2.30. The molecular formula is C6H17O4Si2. The number of rotatable bonds is 5. The summed E-state index contributed by atoms with van der Waals surface area (Å²) in [7, 11) is 0.662. The molecule has 0 aliphatic rings. The van der Waals surface area contributed by atoms with Crippen LogP contribution in [0, 0.1) is 0 Å². The third kappa shape index (κ3) is 2.38. The molecule has 1 atom stereocenters. The van der Waals surface area contributed by atoms with E-state index in [1.807, 2.05) is 6.92 Å². The molecular weight excluding hydrogens is 192 g/mol. The van der Waals surface area contributed by atoms with Crippen molar-refractivity contribution in [2.24, 2.45) is 0 Å². The zero-order valence-corrected chi connectivity index (χ0v) is 10.2. The molecule has 73 valence electrons. The van der Waals surface area contributed by atoms with Crippen molar-refractivity contribution < 1.29 is 18.1 Å². The Hall–Kier alpha value is 0.274. The smallest absolute Gasteiger partial charge is 0.431 e. The molecule has 1 radical (unpaired) electrons. The second-order valence-electron chi connectivity index (χ2n) is 2.58. The van der Waals surface area contributed by atoms with Gasteiger partial charge < -0.3 is 18.1 Å². The Kier molecular flexibility index (Phi) is 5.22. The fourth-order valence-corrected chi connectivity index (χ4v) is 5.70. The zero-order valence-electron chi connectivity index (χ0n) is 8.25. The topological polar surface area (TPSA) is 47.9 Å². The molecule has 1 unspecified atom stereocenters. The zero-order chi connectivity index (χ0) is 9.78. The number of hydrogen-bond acceptors (Lipinski definition) is 4. The summed E-state index contributed by atoms with van der Waals surface area (Å²) in [5.74, 6) is 0. The van der Waals surface area contributed by atoms with Gasteiger partial charge in [-0.15, -0.1) is 0 Å². The van der Waals surface area contributed by atoms with Gasteiger partial charge in [0, 0.05) is 26.5 Å². The van der Waals surface area contributed by atoms with Crippen LogP contribution in [0.15, 0.2) is 0 Å². The molecule has 6 heteroatoms. The van der Waals surface area contributed by atoms with Crippen LogP contribution in [0.1, 0.15) is 6.92 Å². The quantitative estimate of drug-likeness (QED) is 0.666. The van der Waals surface area contributed by atoms with Gasteiger partial charge in [0.1, 0.15) is 0 Å². The Labute approximate surface area is 76.6 Å². The van der Waals surface area contributed by atoms with Gasteiger partial charge in [-0.25, -0.2) is 0 Å². The molecule has 0 saturated heterocycles. The van der Waals surface area contributed by atoms with E-state index in [9.17, 15) is 4.80 Å². The molecule has 0 aromatic carbocycles. The molecule has 0 aliphatic carbocycles. The average molecular weight is 209 g/mol. The minimum absolute atomic E-state index is 0.0116.